The van der Waals surface area contributed by atoms with E-state index in [1.54, 1.807) is 21.9 Å². The van der Waals surface area contributed by atoms with Gasteiger partial charge < -0.3 is 0 Å². The zero-order valence-electron chi connectivity index (χ0n) is 17.2. The zero-order valence-corrected chi connectivity index (χ0v) is 20.1. The van der Waals surface area contributed by atoms with Gasteiger partial charge in [0, 0.05) is 0 Å². The number of benzene rings is 3. The van der Waals surface area contributed by atoms with Gasteiger partial charge in [-0.25, -0.2) is 0 Å². The minimum atomic E-state index is -3.37. The maximum atomic E-state index is 2.39. The van der Waals surface area contributed by atoms with E-state index >= 15 is 0 Å². The van der Waals surface area contributed by atoms with Gasteiger partial charge in [-0.2, -0.15) is 0 Å². The van der Waals surface area contributed by atoms with Crippen molar-refractivity contribution in [3.8, 4) is 0 Å². The molecule has 1 heteroatoms. The summed E-state index contributed by atoms with van der Waals surface area (Å²) in [6.07, 6.45) is 0. The first-order valence-electron chi connectivity index (χ1n) is 10.1. The molecule has 0 nitrogen and oxygen atoms in total. The Hall–Kier alpha value is -2.06. The van der Waals surface area contributed by atoms with E-state index in [-0.39, 0.29) is 0 Å². The van der Waals surface area contributed by atoms with E-state index in [0.717, 1.165) is 0 Å². The first kappa shape index (κ1) is 19.3. The van der Waals surface area contributed by atoms with E-state index in [4.69, 9.17) is 0 Å². The van der Waals surface area contributed by atoms with Crippen molar-refractivity contribution in [3.05, 3.63) is 113 Å². The van der Waals surface area contributed by atoms with Crippen LogP contribution >= 0.6 is 0 Å². The Labute approximate surface area is 173 Å². The summed E-state index contributed by atoms with van der Waals surface area (Å²) < 4.78 is 5.18. The molecule has 4 rings (SSSR count). The molecule has 140 valence electrons. The molecule has 0 unspecified atom stereocenters. The second-order valence-corrected chi connectivity index (χ2v) is 19.2. The molecule has 0 aliphatic heterocycles. The van der Waals surface area contributed by atoms with Crippen LogP contribution in [0.5, 0.6) is 0 Å². The Kier molecular flexibility index (Phi) is 5.33. The summed E-state index contributed by atoms with van der Waals surface area (Å²) in [5.74, 6) is 0. The van der Waals surface area contributed by atoms with Crippen molar-refractivity contribution in [1.29, 1.82) is 0 Å². The molecule has 1 aliphatic rings. The van der Waals surface area contributed by atoms with Crippen molar-refractivity contribution in [2.24, 2.45) is 0 Å². The predicted octanol–water partition coefficient (Wildman–Crippen LogP) is 5.21. The van der Waals surface area contributed by atoms with Crippen LogP contribution in [0, 0.1) is 0 Å². The second kappa shape index (κ2) is 7.75. The van der Waals surface area contributed by atoms with E-state index in [1.165, 1.54) is 11.1 Å². The summed E-state index contributed by atoms with van der Waals surface area (Å²) in [5, 5.41) is 0. The quantitative estimate of drug-likeness (QED) is 0.459. The van der Waals surface area contributed by atoms with Crippen LogP contribution in [-0.2, 0) is 0 Å². The molecule has 0 bridgehead atoms. The Balaban J connectivity index is 2.15. The molecular formula is C27H28Sn. The van der Waals surface area contributed by atoms with Crippen LogP contribution in [0.3, 0.4) is 0 Å². The van der Waals surface area contributed by atoms with Crippen LogP contribution in [0.1, 0.15) is 27.7 Å². The molecule has 1 aliphatic carbocycles. The Morgan fingerprint density at radius 2 is 0.750 bits per heavy atom. The van der Waals surface area contributed by atoms with E-state index in [2.05, 4.69) is 119 Å². The van der Waals surface area contributed by atoms with Gasteiger partial charge in [0.1, 0.15) is 0 Å². The standard InChI is InChI=1S/C9H13.3C6H5.Sn/c1-6-5-7(2)9(4)8(6)3;3*1-2-4-6-5-3-1;/h5H,1-4H3;3*1-5H;. The van der Waals surface area contributed by atoms with Crippen molar-refractivity contribution in [2.75, 3.05) is 0 Å². The SMILES string of the molecule is CC1=C(C)[CH]([Sn]([c]2ccccc2)([c]2ccccc2)[c]2ccccc2)C(C)=C1C. The monoisotopic (exact) mass is 472 g/mol. The Bertz CT molecular complexity index is 907. The van der Waals surface area contributed by atoms with Crippen molar-refractivity contribution in [3.63, 3.8) is 0 Å². The van der Waals surface area contributed by atoms with E-state index in [9.17, 15) is 0 Å². The summed E-state index contributed by atoms with van der Waals surface area (Å²) in [6, 6.07) is 34.1. The van der Waals surface area contributed by atoms with Gasteiger partial charge in [-0.3, -0.25) is 0 Å². The average Bonchev–Trinajstić information content (AvgIpc) is 2.95. The number of hydrogen-bond acceptors (Lipinski definition) is 0. The second-order valence-electron chi connectivity index (χ2n) is 7.96. The third-order valence-electron chi connectivity index (χ3n) is 6.73. The van der Waals surface area contributed by atoms with Crippen molar-refractivity contribution < 1.29 is 0 Å². The van der Waals surface area contributed by atoms with Gasteiger partial charge in [0.05, 0.1) is 0 Å². The Morgan fingerprint density at radius 1 is 0.464 bits per heavy atom. The molecule has 0 saturated carbocycles. The molecule has 0 aromatic heterocycles. The maximum absolute atomic E-state index is 3.37. The fourth-order valence-corrected chi connectivity index (χ4v) is 21.9. The predicted molar refractivity (Wildman–Crippen MR) is 124 cm³/mol. The van der Waals surface area contributed by atoms with E-state index in [0.29, 0.717) is 3.93 Å². The van der Waals surface area contributed by atoms with Crippen LogP contribution in [0.2, 0.25) is 3.93 Å². The van der Waals surface area contributed by atoms with Crippen LogP contribution in [0.15, 0.2) is 113 Å². The summed E-state index contributed by atoms with van der Waals surface area (Å²) >= 11 is -3.37. The van der Waals surface area contributed by atoms with Gasteiger partial charge in [-0.15, -0.1) is 0 Å². The molecule has 0 amide bonds. The zero-order chi connectivity index (χ0) is 19.7. The van der Waals surface area contributed by atoms with Crippen LogP contribution < -0.4 is 10.7 Å². The normalized spacial score (nSPS) is 15.4. The van der Waals surface area contributed by atoms with Crippen molar-refractivity contribution in [2.45, 2.75) is 31.6 Å². The number of hydrogen-bond donors (Lipinski definition) is 0. The summed E-state index contributed by atoms with van der Waals surface area (Å²) in [6.45, 7) is 9.37. The summed E-state index contributed by atoms with van der Waals surface area (Å²) in [7, 11) is 0. The third-order valence-corrected chi connectivity index (χ3v) is 22.3. The van der Waals surface area contributed by atoms with Gasteiger partial charge in [-0.05, 0) is 0 Å². The van der Waals surface area contributed by atoms with Gasteiger partial charge >= 0.3 is 174 Å². The van der Waals surface area contributed by atoms with Crippen LogP contribution in [-0.4, -0.2) is 18.4 Å². The fourth-order valence-electron chi connectivity index (χ4n) is 5.10. The van der Waals surface area contributed by atoms with Crippen LogP contribution in [0.4, 0.5) is 0 Å². The molecule has 0 heterocycles. The van der Waals surface area contributed by atoms with E-state index < -0.39 is 18.4 Å². The first-order valence-corrected chi connectivity index (χ1v) is 16.0. The molecule has 0 saturated heterocycles. The van der Waals surface area contributed by atoms with Gasteiger partial charge in [-0.1, -0.05) is 0 Å². The first-order chi connectivity index (χ1) is 13.6. The molecule has 28 heavy (non-hydrogen) atoms. The molecule has 0 N–H and O–H groups in total. The average molecular weight is 471 g/mol. The molecule has 0 atom stereocenters. The molecule has 3 aromatic rings. The van der Waals surface area contributed by atoms with Crippen LogP contribution in [0.25, 0.3) is 0 Å². The fraction of sp³-hybridized carbons (Fsp3) is 0.185. The van der Waals surface area contributed by atoms with Gasteiger partial charge in [0.2, 0.25) is 0 Å². The molecule has 0 radical (unpaired) electrons. The topological polar surface area (TPSA) is 0 Å². The van der Waals surface area contributed by atoms with Gasteiger partial charge in [0.15, 0.2) is 0 Å². The van der Waals surface area contributed by atoms with E-state index in [1.807, 2.05) is 0 Å². The number of allylic oxidation sites excluding steroid dienone is 4. The third kappa shape index (κ3) is 2.90. The molecule has 0 spiro atoms. The van der Waals surface area contributed by atoms with Crippen molar-refractivity contribution >= 4 is 29.1 Å². The summed E-state index contributed by atoms with van der Waals surface area (Å²) in [4.78, 5) is 0. The minimum absolute atomic E-state index is 0.515. The molecule has 3 aromatic carbocycles. The Morgan fingerprint density at radius 3 is 1.04 bits per heavy atom. The van der Waals surface area contributed by atoms with Gasteiger partial charge in [0.25, 0.3) is 0 Å². The number of rotatable bonds is 4. The molecular weight excluding hydrogens is 443 g/mol. The van der Waals surface area contributed by atoms with Crippen molar-refractivity contribution in [1.82, 2.24) is 0 Å². The molecule has 0 fully saturated rings. The summed E-state index contributed by atoms with van der Waals surface area (Å²) in [5.41, 5.74) is 6.13.